The van der Waals surface area contributed by atoms with Crippen molar-refractivity contribution in [3.63, 3.8) is 0 Å². The SMILES string of the molecule is Nc1ncc(Cl)cc1C(=O)NCc1cccc(N2CCOCC2)c1. The normalized spacial score (nSPS) is 14.5. The van der Waals surface area contributed by atoms with E-state index in [1.54, 1.807) is 0 Å². The van der Waals surface area contributed by atoms with E-state index in [1.165, 1.54) is 12.3 Å². The van der Waals surface area contributed by atoms with E-state index < -0.39 is 0 Å². The van der Waals surface area contributed by atoms with E-state index in [-0.39, 0.29) is 17.3 Å². The number of hydrogen-bond acceptors (Lipinski definition) is 5. The fraction of sp³-hybridized carbons (Fsp3) is 0.294. The molecule has 1 aliphatic heterocycles. The molecule has 1 aromatic heterocycles. The highest BCUT2D eigenvalue weighted by molar-refractivity contribution is 6.31. The first-order valence-corrected chi connectivity index (χ1v) is 8.12. The molecule has 1 aromatic carbocycles. The van der Waals surface area contributed by atoms with Crippen LogP contribution in [0, 0.1) is 0 Å². The molecule has 0 saturated carbocycles. The molecule has 2 heterocycles. The number of carbonyl (C=O) groups excluding carboxylic acids is 1. The van der Waals surface area contributed by atoms with Crippen molar-refractivity contribution in [2.24, 2.45) is 0 Å². The Kier molecular flexibility index (Phi) is 5.17. The van der Waals surface area contributed by atoms with Gasteiger partial charge in [0.05, 0.1) is 23.8 Å². The topological polar surface area (TPSA) is 80.5 Å². The molecule has 1 amide bonds. The van der Waals surface area contributed by atoms with E-state index in [0.717, 1.165) is 37.6 Å². The first-order valence-electron chi connectivity index (χ1n) is 7.74. The number of carbonyl (C=O) groups is 1. The van der Waals surface area contributed by atoms with E-state index in [1.807, 2.05) is 12.1 Å². The summed E-state index contributed by atoms with van der Waals surface area (Å²) in [4.78, 5) is 18.4. The molecule has 0 aliphatic carbocycles. The molecule has 0 unspecified atom stereocenters. The van der Waals surface area contributed by atoms with Gasteiger partial charge in [-0.05, 0) is 23.8 Å². The van der Waals surface area contributed by atoms with Gasteiger partial charge >= 0.3 is 0 Å². The van der Waals surface area contributed by atoms with Crippen LogP contribution in [0.3, 0.4) is 0 Å². The third-order valence-electron chi connectivity index (χ3n) is 3.87. The molecule has 126 valence electrons. The van der Waals surface area contributed by atoms with Crippen LogP contribution in [0.25, 0.3) is 0 Å². The van der Waals surface area contributed by atoms with Gasteiger partial charge in [0.1, 0.15) is 5.82 Å². The summed E-state index contributed by atoms with van der Waals surface area (Å²) >= 11 is 5.87. The predicted octanol–water partition coefficient (Wildman–Crippen LogP) is 2.08. The fourth-order valence-electron chi connectivity index (χ4n) is 2.59. The van der Waals surface area contributed by atoms with Crippen molar-refractivity contribution in [1.29, 1.82) is 0 Å². The summed E-state index contributed by atoms with van der Waals surface area (Å²) in [7, 11) is 0. The number of rotatable bonds is 4. The van der Waals surface area contributed by atoms with Crippen molar-refractivity contribution < 1.29 is 9.53 Å². The number of aromatic nitrogens is 1. The van der Waals surface area contributed by atoms with Crippen molar-refractivity contribution in [2.75, 3.05) is 36.9 Å². The van der Waals surface area contributed by atoms with Gasteiger partial charge in [-0.25, -0.2) is 4.98 Å². The van der Waals surface area contributed by atoms with Crippen LogP contribution in [-0.4, -0.2) is 37.2 Å². The maximum atomic E-state index is 12.3. The van der Waals surface area contributed by atoms with Crippen molar-refractivity contribution in [2.45, 2.75) is 6.54 Å². The zero-order valence-electron chi connectivity index (χ0n) is 13.2. The van der Waals surface area contributed by atoms with Crippen LogP contribution < -0.4 is 16.0 Å². The lowest BCUT2D eigenvalue weighted by atomic mass is 10.1. The Morgan fingerprint density at radius 1 is 1.33 bits per heavy atom. The van der Waals surface area contributed by atoms with Gasteiger partial charge in [0.2, 0.25) is 0 Å². The third kappa shape index (κ3) is 3.96. The molecule has 24 heavy (non-hydrogen) atoms. The molecule has 3 rings (SSSR count). The van der Waals surface area contributed by atoms with Gasteiger partial charge < -0.3 is 20.7 Å². The Bertz CT molecular complexity index is 732. The molecule has 1 saturated heterocycles. The highest BCUT2D eigenvalue weighted by Crippen LogP contribution is 2.18. The predicted molar refractivity (Wildman–Crippen MR) is 94.3 cm³/mol. The summed E-state index contributed by atoms with van der Waals surface area (Å²) in [6.45, 7) is 3.63. The number of halogens is 1. The summed E-state index contributed by atoms with van der Waals surface area (Å²) in [5.41, 5.74) is 8.16. The largest absolute Gasteiger partial charge is 0.383 e. The number of amides is 1. The summed E-state index contributed by atoms with van der Waals surface area (Å²) in [6, 6.07) is 9.62. The Morgan fingerprint density at radius 2 is 2.12 bits per heavy atom. The van der Waals surface area contributed by atoms with Gasteiger partial charge in [0.15, 0.2) is 0 Å². The first-order chi connectivity index (χ1) is 11.6. The average Bonchev–Trinajstić information content (AvgIpc) is 2.63. The molecule has 6 nitrogen and oxygen atoms in total. The summed E-state index contributed by atoms with van der Waals surface area (Å²) in [5.74, 6) is -0.127. The molecular weight excluding hydrogens is 328 g/mol. The molecule has 0 bridgehead atoms. The minimum atomic E-state index is -0.292. The van der Waals surface area contributed by atoms with E-state index in [4.69, 9.17) is 22.1 Å². The van der Waals surface area contributed by atoms with Crippen molar-refractivity contribution in [1.82, 2.24) is 10.3 Å². The van der Waals surface area contributed by atoms with Gasteiger partial charge in [-0.3, -0.25) is 4.79 Å². The number of nitrogen functional groups attached to an aromatic ring is 1. The Balaban J connectivity index is 1.66. The maximum Gasteiger partial charge on any atom is 0.255 e. The molecule has 7 heteroatoms. The Morgan fingerprint density at radius 3 is 2.92 bits per heavy atom. The van der Waals surface area contributed by atoms with Crippen LogP contribution in [0.4, 0.5) is 11.5 Å². The highest BCUT2D eigenvalue weighted by Gasteiger charge is 2.13. The zero-order chi connectivity index (χ0) is 16.9. The maximum absolute atomic E-state index is 12.3. The number of ether oxygens (including phenoxy) is 1. The Hall–Kier alpha value is -2.31. The van der Waals surface area contributed by atoms with E-state index in [0.29, 0.717) is 11.6 Å². The number of morpholine rings is 1. The second kappa shape index (κ2) is 7.51. The Labute approximate surface area is 145 Å². The number of hydrogen-bond donors (Lipinski definition) is 2. The van der Waals surface area contributed by atoms with E-state index >= 15 is 0 Å². The number of benzene rings is 1. The lowest BCUT2D eigenvalue weighted by molar-refractivity contribution is 0.0951. The minimum absolute atomic E-state index is 0.166. The van der Waals surface area contributed by atoms with Crippen LogP contribution in [0.2, 0.25) is 5.02 Å². The van der Waals surface area contributed by atoms with Crippen LogP contribution in [-0.2, 0) is 11.3 Å². The second-order valence-electron chi connectivity index (χ2n) is 5.54. The van der Waals surface area contributed by atoms with Crippen LogP contribution in [0.1, 0.15) is 15.9 Å². The zero-order valence-corrected chi connectivity index (χ0v) is 13.9. The van der Waals surface area contributed by atoms with E-state index in [2.05, 4.69) is 27.3 Å². The van der Waals surface area contributed by atoms with Crippen molar-refractivity contribution in [3.8, 4) is 0 Å². The summed E-state index contributed by atoms with van der Waals surface area (Å²) < 4.78 is 5.37. The highest BCUT2D eigenvalue weighted by atomic mass is 35.5. The van der Waals surface area contributed by atoms with Crippen molar-refractivity contribution in [3.05, 3.63) is 52.7 Å². The van der Waals surface area contributed by atoms with Gasteiger partial charge in [0, 0.05) is 31.5 Å². The molecule has 1 fully saturated rings. The third-order valence-corrected chi connectivity index (χ3v) is 4.08. The average molecular weight is 347 g/mol. The quantitative estimate of drug-likeness (QED) is 0.886. The van der Waals surface area contributed by atoms with Crippen molar-refractivity contribution >= 4 is 29.0 Å². The van der Waals surface area contributed by atoms with Gasteiger partial charge in [-0.2, -0.15) is 0 Å². The first kappa shape index (κ1) is 16.5. The van der Waals surface area contributed by atoms with Crippen LogP contribution in [0.15, 0.2) is 36.5 Å². The van der Waals surface area contributed by atoms with Crippen LogP contribution >= 0.6 is 11.6 Å². The lowest BCUT2D eigenvalue weighted by Crippen LogP contribution is -2.36. The number of pyridine rings is 1. The molecule has 2 aromatic rings. The monoisotopic (exact) mass is 346 g/mol. The molecule has 1 aliphatic rings. The van der Waals surface area contributed by atoms with E-state index in [9.17, 15) is 4.79 Å². The van der Waals surface area contributed by atoms with Gasteiger partial charge in [0.25, 0.3) is 5.91 Å². The van der Waals surface area contributed by atoms with Gasteiger partial charge in [-0.1, -0.05) is 23.7 Å². The number of nitrogens with zero attached hydrogens (tertiary/aromatic N) is 2. The second-order valence-corrected chi connectivity index (χ2v) is 5.97. The molecular formula is C17H19ClN4O2. The molecule has 0 spiro atoms. The van der Waals surface area contributed by atoms with Crippen LogP contribution in [0.5, 0.6) is 0 Å². The fourth-order valence-corrected chi connectivity index (χ4v) is 2.75. The number of nitrogens with one attached hydrogen (secondary N) is 1. The smallest absolute Gasteiger partial charge is 0.255 e. The number of anilines is 2. The molecule has 0 radical (unpaired) electrons. The van der Waals surface area contributed by atoms with Gasteiger partial charge in [-0.15, -0.1) is 0 Å². The minimum Gasteiger partial charge on any atom is -0.383 e. The summed E-state index contributed by atoms with van der Waals surface area (Å²) in [6.07, 6.45) is 1.42. The lowest BCUT2D eigenvalue weighted by Gasteiger charge is -2.29. The molecule has 3 N–H and O–H groups in total. The standard InChI is InChI=1S/C17H19ClN4O2/c18-13-9-15(16(19)20-11-13)17(23)21-10-12-2-1-3-14(8-12)22-4-6-24-7-5-22/h1-3,8-9,11H,4-7,10H2,(H2,19,20)(H,21,23). The molecule has 0 atom stereocenters. The number of nitrogens with two attached hydrogens (primary N) is 1. The summed E-state index contributed by atoms with van der Waals surface area (Å²) in [5, 5.41) is 3.23.